The maximum atomic E-state index is 13.6. The molecule has 0 saturated heterocycles. The molecule has 0 aliphatic rings. The van der Waals surface area contributed by atoms with Gasteiger partial charge in [-0.15, -0.1) is 0 Å². The topological polar surface area (TPSA) is 59.1 Å². The number of hydrogen-bond donors (Lipinski definition) is 1. The third-order valence-corrected chi connectivity index (χ3v) is 4.32. The summed E-state index contributed by atoms with van der Waals surface area (Å²) in [5, 5.41) is 0. The van der Waals surface area contributed by atoms with E-state index in [4.69, 9.17) is 0 Å². The minimum absolute atomic E-state index is 0.183. The van der Waals surface area contributed by atoms with Crippen LogP contribution in [0.2, 0.25) is 0 Å². The van der Waals surface area contributed by atoms with E-state index in [1.54, 1.807) is 6.92 Å². The van der Waals surface area contributed by atoms with Gasteiger partial charge in [-0.05, 0) is 41.1 Å². The van der Waals surface area contributed by atoms with Crippen molar-refractivity contribution in [2.45, 2.75) is 11.8 Å². The van der Waals surface area contributed by atoms with E-state index in [-0.39, 0.29) is 5.69 Å². The van der Waals surface area contributed by atoms with Crippen molar-refractivity contribution in [3.8, 4) is 0 Å². The summed E-state index contributed by atoms with van der Waals surface area (Å²) >= 11 is 3.15. The Hall–Kier alpha value is -1.54. The van der Waals surface area contributed by atoms with Gasteiger partial charge in [-0.2, -0.15) is 0 Å². The molecule has 0 atom stereocenters. The Morgan fingerprint density at radius 3 is 2.70 bits per heavy atom. The monoisotopic (exact) mass is 362 g/mol. The summed E-state index contributed by atoms with van der Waals surface area (Å²) in [5.41, 5.74) is 0.594. The summed E-state index contributed by atoms with van der Waals surface area (Å²) in [6.45, 7) is 1.59. The van der Waals surface area contributed by atoms with Gasteiger partial charge in [0.15, 0.2) is 11.6 Å². The molecular weight excluding hydrogens is 354 g/mol. The van der Waals surface area contributed by atoms with Gasteiger partial charge in [0.25, 0.3) is 10.0 Å². The van der Waals surface area contributed by atoms with E-state index in [1.807, 2.05) is 0 Å². The van der Waals surface area contributed by atoms with Gasteiger partial charge in [-0.25, -0.2) is 17.2 Å². The normalized spacial score (nSPS) is 11.4. The van der Waals surface area contributed by atoms with Gasteiger partial charge in [0, 0.05) is 10.7 Å². The van der Waals surface area contributed by atoms with E-state index in [2.05, 4.69) is 25.6 Å². The molecule has 8 heteroatoms. The average molecular weight is 363 g/mol. The standard InChI is InChI=1S/C12H9BrF2N2O2S/c1-7-10(5-8(13)6-16-7)17-20(18,19)11-4-2-3-9(14)12(11)15/h2-6,17H,1H3. The van der Waals surface area contributed by atoms with Crippen LogP contribution in [0.5, 0.6) is 0 Å². The second-order valence-corrected chi connectivity index (χ2v) is 6.51. The highest BCUT2D eigenvalue weighted by atomic mass is 79.9. The maximum absolute atomic E-state index is 13.6. The lowest BCUT2D eigenvalue weighted by Crippen LogP contribution is -2.16. The van der Waals surface area contributed by atoms with Crippen molar-refractivity contribution in [3.05, 3.63) is 52.3 Å². The molecular formula is C12H9BrF2N2O2S. The molecule has 0 unspecified atom stereocenters. The lowest BCUT2D eigenvalue weighted by Gasteiger charge is -2.11. The highest BCUT2D eigenvalue weighted by Crippen LogP contribution is 2.23. The number of pyridine rings is 1. The Kier molecular flexibility index (Phi) is 4.05. The first-order valence-corrected chi connectivity index (χ1v) is 7.68. The van der Waals surface area contributed by atoms with E-state index in [0.29, 0.717) is 10.2 Å². The number of benzene rings is 1. The number of rotatable bonds is 3. The lowest BCUT2D eigenvalue weighted by molar-refractivity contribution is 0.485. The minimum atomic E-state index is -4.23. The van der Waals surface area contributed by atoms with E-state index in [1.165, 1.54) is 12.3 Å². The number of aryl methyl sites for hydroxylation is 1. The van der Waals surface area contributed by atoms with Crippen molar-refractivity contribution in [3.63, 3.8) is 0 Å². The maximum Gasteiger partial charge on any atom is 0.264 e. The van der Waals surface area contributed by atoms with Gasteiger partial charge in [0.2, 0.25) is 0 Å². The molecule has 20 heavy (non-hydrogen) atoms. The van der Waals surface area contributed by atoms with Crippen molar-refractivity contribution < 1.29 is 17.2 Å². The van der Waals surface area contributed by atoms with Crippen LogP contribution in [0.25, 0.3) is 0 Å². The molecule has 1 heterocycles. The Morgan fingerprint density at radius 1 is 1.30 bits per heavy atom. The first-order chi connectivity index (χ1) is 9.31. The second kappa shape index (κ2) is 5.45. The van der Waals surface area contributed by atoms with E-state index in [0.717, 1.165) is 18.2 Å². The molecule has 0 aliphatic carbocycles. The zero-order valence-corrected chi connectivity index (χ0v) is 12.6. The molecule has 0 aliphatic heterocycles. The second-order valence-electron chi connectivity index (χ2n) is 3.94. The molecule has 1 aromatic heterocycles. The van der Waals surface area contributed by atoms with Crippen LogP contribution in [0.15, 0.2) is 39.8 Å². The molecule has 1 aromatic carbocycles. The van der Waals surface area contributed by atoms with E-state index < -0.39 is 26.6 Å². The fourth-order valence-electron chi connectivity index (χ4n) is 1.50. The van der Waals surface area contributed by atoms with Crippen LogP contribution >= 0.6 is 15.9 Å². The molecule has 1 N–H and O–H groups in total. The summed E-state index contributed by atoms with van der Waals surface area (Å²) in [6.07, 6.45) is 1.50. The first-order valence-electron chi connectivity index (χ1n) is 5.40. The van der Waals surface area contributed by atoms with E-state index >= 15 is 0 Å². The summed E-state index contributed by atoms with van der Waals surface area (Å²) < 4.78 is 53.6. The summed E-state index contributed by atoms with van der Waals surface area (Å²) in [6, 6.07) is 4.44. The van der Waals surface area contributed by atoms with Crippen LogP contribution in [0, 0.1) is 18.6 Å². The Morgan fingerprint density at radius 2 is 2.00 bits per heavy atom. The fourth-order valence-corrected chi connectivity index (χ4v) is 3.03. The quantitative estimate of drug-likeness (QED) is 0.911. The molecule has 0 radical (unpaired) electrons. The molecule has 0 amide bonds. The molecule has 2 aromatic rings. The fraction of sp³-hybridized carbons (Fsp3) is 0.0833. The van der Waals surface area contributed by atoms with Gasteiger partial charge in [0.1, 0.15) is 4.90 Å². The number of hydrogen-bond acceptors (Lipinski definition) is 3. The number of sulfonamides is 1. The molecule has 4 nitrogen and oxygen atoms in total. The van der Waals surface area contributed by atoms with Gasteiger partial charge in [0.05, 0.1) is 11.4 Å². The summed E-state index contributed by atoms with van der Waals surface area (Å²) in [4.78, 5) is 3.20. The molecule has 0 spiro atoms. The average Bonchev–Trinajstić information content (AvgIpc) is 2.36. The van der Waals surface area contributed by atoms with Gasteiger partial charge < -0.3 is 0 Å². The van der Waals surface area contributed by atoms with Crippen LogP contribution in [0.1, 0.15) is 5.69 Å². The van der Waals surface area contributed by atoms with Gasteiger partial charge in [-0.3, -0.25) is 9.71 Å². The number of aromatic nitrogens is 1. The number of nitrogens with one attached hydrogen (secondary N) is 1. The van der Waals surface area contributed by atoms with Crippen LogP contribution in [-0.4, -0.2) is 13.4 Å². The van der Waals surface area contributed by atoms with Gasteiger partial charge >= 0.3 is 0 Å². The van der Waals surface area contributed by atoms with Crippen molar-refractivity contribution in [2.24, 2.45) is 0 Å². The lowest BCUT2D eigenvalue weighted by atomic mass is 10.3. The van der Waals surface area contributed by atoms with Crippen LogP contribution in [0.3, 0.4) is 0 Å². The smallest absolute Gasteiger partial charge is 0.264 e. The molecule has 0 bridgehead atoms. The van der Waals surface area contributed by atoms with Crippen LogP contribution < -0.4 is 4.72 Å². The Labute approximate surface area is 123 Å². The molecule has 0 fully saturated rings. The largest absolute Gasteiger partial charge is 0.278 e. The van der Waals surface area contributed by atoms with Crippen LogP contribution in [0.4, 0.5) is 14.5 Å². The zero-order chi connectivity index (χ0) is 14.9. The van der Waals surface area contributed by atoms with Crippen molar-refractivity contribution in [2.75, 3.05) is 4.72 Å². The predicted molar refractivity (Wildman–Crippen MR) is 73.8 cm³/mol. The van der Waals surface area contributed by atoms with Crippen LogP contribution in [-0.2, 0) is 10.0 Å². The molecule has 2 rings (SSSR count). The highest BCUT2D eigenvalue weighted by Gasteiger charge is 2.22. The number of halogens is 3. The molecule has 106 valence electrons. The Balaban J connectivity index is 2.46. The third kappa shape index (κ3) is 2.96. The highest BCUT2D eigenvalue weighted by molar-refractivity contribution is 9.10. The Bertz CT molecular complexity index is 766. The SMILES string of the molecule is Cc1ncc(Br)cc1NS(=O)(=O)c1cccc(F)c1F. The van der Waals surface area contributed by atoms with E-state index in [9.17, 15) is 17.2 Å². The van der Waals surface area contributed by atoms with Crippen molar-refractivity contribution in [1.29, 1.82) is 0 Å². The summed E-state index contributed by atoms with van der Waals surface area (Å²) in [5.74, 6) is -2.64. The summed E-state index contributed by atoms with van der Waals surface area (Å²) in [7, 11) is -4.23. The first kappa shape index (κ1) is 14.9. The number of anilines is 1. The third-order valence-electron chi connectivity index (χ3n) is 2.50. The molecule has 0 saturated carbocycles. The predicted octanol–water partition coefficient (Wildman–Crippen LogP) is 3.23. The minimum Gasteiger partial charge on any atom is -0.278 e. The zero-order valence-electron chi connectivity index (χ0n) is 10.2. The van der Waals surface area contributed by atoms with Crippen molar-refractivity contribution in [1.82, 2.24) is 4.98 Å². The number of nitrogens with zero attached hydrogens (tertiary/aromatic N) is 1. The van der Waals surface area contributed by atoms with Crippen molar-refractivity contribution >= 4 is 31.6 Å². The van der Waals surface area contributed by atoms with Gasteiger partial charge in [-0.1, -0.05) is 6.07 Å².